The molecule has 24 heavy (non-hydrogen) atoms. The van der Waals surface area contributed by atoms with Crippen molar-refractivity contribution in [1.82, 2.24) is 0 Å². The Labute approximate surface area is 143 Å². The molecule has 0 aliphatic heterocycles. The van der Waals surface area contributed by atoms with E-state index in [-0.39, 0.29) is 11.9 Å². The number of nitrogens with zero attached hydrogens (tertiary/aromatic N) is 1. The molecule has 0 unspecified atom stereocenters. The molecule has 0 heterocycles. The molecule has 3 heteroatoms. The summed E-state index contributed by atoms with van der Waals surface area (Å²) >= 11 is 0. The maximum atomic E-state index is 12.0. The third-order valence-corrected chi connectivity index (χ3v) is 3.93. The highest BCUT2D eigenvalue weighted by Gasteiger charge is 2.16. The lowest BCUT2D eigenvalue weighted by atomic mass is 10.0. The van der Waals surface area contributed by atoms with Gasteiger partial charge in [0.2, 0.25) is 0 Å². The van der Waals surface area contributed by atoms with E-state index >= 15 is 0 Å². The fourth-order valence-electron chi connectivity index (χ4n) is 2.42. The number of rotatable bonds is 6. The van der Waals surface area contributed by atoms with Crippen molar-refractivity contribution in [3.63, 3.8) is 0 Å². The van der Waals surface area contributed by atoms with Gasteiger partial charge in [-0.15, -0.1) is 0 Å². The van der Waals surface area contributed by atoms with Gasteiger partial charge in [-0.3, -0.25) is 4.79 Å². The van der Waals surface area contributed by atoms with Crippen LogP contribution in [-0.2, 0) is 4.79 Å². The van der Waals surface area contributed by atoms with E-state index < -0.39 is 0 Å². The predicted octanol–water partition coefficient (Wildman–Crippen LogP) is 5.09. The van der Waals surface area contributed by atoms with Gasteiger partial charge in [0, 0.05) is 0 Å². The van der Waals surface area contributed by atoms with Crippen molar-refractivity contribution in [3.8, 4) is 11.8 Å². The Kier molecular flexibility index (Phi) is 6.33. The molecule has 0 aromatic heterocycles. The third-order valence-electron chi connectivity index (χ3n) is 3.93. The highest BCUT2D eigenvalue weighted by molar-refractivity contribution is 5.89. The molecular weight excluding hydrogens is 298 g/mol. The first kappa shape index (κ1) is 17.5. The van der Waals surface area contributed by atoms with Crippen molar-refractivity contribution in [2.75, 3.05) is 0 Å². The molecule has 0 N–H and O–H groups in total. The van der Waals surface area contributed by atoms with Crippen LogP contribution in [0.2, 0.25) is 0 Å². The molecule has 0 saturated carbocycles. The highest BCUT2D eigenvalue weighted by Crippen LogP contribution is 2.20. The Balaban J connectivity index is 2.13. The zero-order valence-electron chi connectivity index (χ0n) is 14.0. The number of hydrogen-bond acceptors (Lipinski definition) is 3. The molecule has 122 valence electrons. The van der Waals surface area contributed by atoms with Crippen LogP contribution in [0.1, 0.15) is 37.8 Å². The van der Waals surface area contributed by atoms with Gasteiger partial charge in [0.1, 0.15) is 5.75 Å². The second kappa shape index (κ2) is 8.69. The summed E-state index contributed by atoms with van der Waals surface area (Å²) in [4.78, 5) is 12.0. The van der Waals surface area contributed by atoms with Crippen LogP contribution in [-0.4, -0.2) is 5.97 Å². The van der Waals surface area contributed by atoms with Crippen molar-refractivity contribution in [3.05, 3.63) is 65.7 Å². The number of hydrogen-bond donors (Lipinski definition) is 0. The normalized spacial score (nSPS) is 11.2. The van der Waals surface area contributed by atoms with Crippen LogP contribution < -0.4 is 4.74 Å². The van der Waals surface area contributed by atoms with Gasteiger partial charge in [0.05, 0.1) is 17.6 Å². The number of allylic oxidation sites excluding steroid dienone is 1. The van der Waals surface area contributed by atoms with E-state index in [2.05, 4.69) is 6.07 Å². The Hall–Kier alpha value is -2.86. The van der Waals surface area contributed by atoms with Crippen molar-refractivity contribution in [2.45, 2.75) is 26.7 Å². The minimum Gasteiger partial charge on any atom is -0.426 e. The van der Waals surface area contributed by atoms with Crippen molar-refractivity contribution in [1.29, 1.82) is 5.26 Å². The molecule has 0 aliphatic carbocycles. The first-order chi connectivity index (χ1) is 11.7. The third kappa shape index (κ3) is 4.57. The highest BCUT2D eigenvalue weighted by atomic mass is 16.5. The van der Waals surface area contributed by atoms with Crippen LogP contribution in [0.3, 0.4) is 0 Å². The predicted molar refractivity (Wildman–Crippen MR) is 96.1 cm³/mol. The lowest BCUT2D eigenvalue weighted by Crippen LogP contribution is -2.19. The number of carbonyl (C=O) groups is 1. The van der Waals surface area contributed by atoms with Gasteiger partial charge < -0.3 is 4.74 Å². The minimum atomic E-state index is -0.190. The van der Waals surface area contributed by atoms with Gasteiger partial charge in [0.15, 0.2) is 0 Å². The summed E-state index contributed by atoms with van der Waals surface area (Å²) in [5, 5.41) is 9.34. The smallest absolute Gasteiger partial charge is 0.314 e. The first-order valence-corrected chi connectivity index (χ1v) is 8.16. The molecule has 0 amide bonds. The van der Waals surface area contributed by atoms with Crippen molar-refractivity contribution < 1.29 is 9.53 Å². The summed E-state index contributed by atoms with van der Waals surface area (Å²) in [6.07, 6.45) is 3.37. The van der Waals surface area contributed by atoms with Crippen molar-refractivity contribution >= 4 is 17.6 Å². The molecule has 2 aromatic rings. The van der Waals surface area contributed by atoms with Gasteiger partial charge in [-0.2, -0.15) is 5.26 Å². The van der Waals surface area contributed by atoms with Gasteiger partial charge in [-0.05, 0) is 42.2 Å². The molecule has 2 aromatic carbocycles. The summed E-state index contributed by atoms with van der Waals surface area (Å²) < 4.78 is 5.40. The van der Waals surface area contributed by atoms with Crippen molar-refractivity contribution in [2.24, 2.45) is 5.92 Å². The van der Waals surface area contributed by atoms with Gasteiger partial charge >= 0.3 is 5.97 Å². The molecule has 0 spiro atoms. The Morgan fingerprint density at radius 1 is 1.08 bits per heavy atom. The fourth-order valence-corrected chi connectivity index (χ4v) is 2.42. The summed E-state index contributed by atoms with van der Waals surface area (Å²) in [5.74, 6) is 0.278. The van der Waals surface area contributed by atoms with E-state index in [0.29, 0.717) is 11.3 Å². The molecule has 0 radical (unpaired) electrons. The average Bonchev–Trinajstić information content (AvgIpc) is 2.63. The van der Waals surface area contributed by atoms with E-state index in [9.17, 15) is 10.1 Å². The zero-order valence-corrected chi connectivity index (χ0v) is 14.0. The summed E-state index contributed by atoms with van der Waals surface area (Å²) in [5.41, 5.74) is 2.36. The summed E-state index contributed by atoms with van der Waals surface area (Å²) in [6, 6.07) is 19.0. The quantitative estimate of drug-likeness (QED) is 0.322. The van der Waals surface area contributed by atoms with Gasteiger partial charge in [-0.25, -0.2) is 0 Å². The SMILES string of the molecule is CCC(CC)C(=O)Oc1ccc(/C=C(/C#N)c2ccccc2)cc1. The van der Waals surface area contributed by atoms with E-state index in [1.54, 1.807) is 12.1 Å². The van der Waals surface area contributed by atoms with Crippen LogP contribution >= 0.6 is 0 Å². The molecular formula is C21H21NO2. The minimum absolute atomic E-state index is 0.0622. The first-order valence-electron chi connectivity index (χ1n) is 8.16. The summed E-state index contributed by atoms with van der Waals surface area (Å²) in [6.45, 7) is 3.96. The molecule has 3 nitrogen and oxygen atoms in total. The van der Waals surface area contributed by atoms with Crippen LogP contribution in [0.25, 0.3) is 11.6 Å². The van der Waals surface area contributed by atoms with E-state index in [0.717, 1.165) is 24.0 Å². The molecule has 0 saturated heterocycles. The largest absolute Gasteiger partial charge is 0.426 e. The Morgan fingerprint density at radius 2 is 1.71 bits per heavy atom. The van der Waals surface area contributed by atoms with Crippen LogP contribution in [0, 0.1) is 17.2 Å². The standard InChI is InChI=1S/C21H21NO2/c1-3-17(4-2)21(23)24-20-12-10-16(11-13-20)14-19(15-22)18-8-6-5-7-9-18/h5-14,17H,3-4H2,1-2H3/b19-14-. The molecule has 0 bridgehead atoms. The molecule has 2 rings (SSSR count). The van der Waals surface area contributed by atoms with Crippen LogP contribution in [0.5, 0.6) is 5.75 Å². The number of ether oxygens (including phenoxy) is 1. The molecule has 0 atom stereocenters. The van der Waals surface area contributed by atoms with Crippen LogP contribution in [0.4, 0.5) is 0 Å². The monoisotopic (exact) mass is 319 g/mol. The topological polar surface area (TPSA) is 50.1 Å². The fraction of sp³-hybridized carbons (Fsp3) is 0.238. The molecule has 0 aliphatic rings. The lowest BCUT2D eigenvalue weighted by molar-refractivity contribution is -0.139. The second-order valence-corrected chi connectivity index (χ2v) is 5.54. The van der Waals surface area contributed by atoms with Gasteiger partial charge in [-0.1, -0.05) is 56.3 Å². The van der Waals surface area contributed by atoms with Gasteiger partial charge in [0.25, 0.3) is 0 Å². The zero-order chi connectivity index (χ0) is 17.4. The summed E-state index contributed by atoms with van der Waals surface area (Å²) in [7, 11) is 0. The maximum absolute atomic E-state index is 12.0. The Morgan fingerprint density at radius 3 is 2.25 bits per heavy atom. The maximum Gasteiger partial charge on any atom is 0.314 e. The van der Waals surface area contributed by atoms with E-state index in [1.165, 1.54) is 0 Å². The number of nitriles is 1. The number of benzene rings is 2. The average molecular weight is 319 g/mol. The lowest BCUT2D eigenvalue weighted by Gasteiger charge is -2.11. The number of carbonyl (C=O) groups excluding carboxylic acids is 1. The van der Waals surface area contributed by atoms with E-state index in [4.69, 9.17) is 4.74 Å². The molecule has 0 fully saturated rings. The second-order valence-electron chi connectivity index (χ2n) is 5.54. The Bertz CT molecular complexity index is 736. The van der Waals surface area contributed by atoms with Crippen LogP contribution in [0.15, 0.2) is 54.6 Å². The number of esters is 1. The van der Waals surface area contributed by atoms with E-state index in [1.807, 2.05) is 62.4 Å².